The largest absolute Gasteiger partial charge is 0.436 e. The third-order valence-corrected chi connectivity index (χ3v) is 9.26. The van der Waals surface area contributed by atoms with Crippen LogP contribution in [-0.2, 0) is 0 Å². The van der Waals surface area contributed by atoms with E-state index in [9.17, 15) is 0 Å². The maximum absolute atomic E-state index is 6.28. The number of oxazole rings is 1. The topological polar surface area (TPSA) is 69.6 Å². The van der Waals surface area contributed by atoms with E-state index in [0.29, 0.717) is 23.4 Å². The van der Waals surface area contributed by atoms with Crippen molar-refractivity contribution in [3.63, 3.8) is 0 Å². The van der Waals surface area contributed by atoms with E-state index < -0.39 is 0 Å². The average molecular weight is 642 g/mol. The van der Waals surface area contributed by atoms with Crippen molar-refractivity contribution in [2.45, 2.75) is 0 Å². The molecule has 0 fully saturated rings. The van der Waals surface area contributed by atoms with Crippen molar-refractivity contribution in [3.05, 3.63) is 164 Å². The molecule has 0 spiro atoms. The zero-order valence-electron chi connectivity index (χ0n) is 26.7. The molecule has 6 heteroatoms. The average Bonchev–Trinajstić information content (AvgIpc) is 3.78. The van der Waals surface area contributed by atoms with Gasteiger partial charge in [0.1, 0.15) is 5.52 Å². The summed E-state index contributed by atoms with van der Waals surface area (Å²) in [5.74, 6) is 2.53. The first-order valence-corrected chi connectivity index (χ1v) is 16.6. The molecule has 0 radical (unpaired) electrons. The molecule has 0 aliphatic rings. The van der Waals surface area contributed by atoms with Gasteiger partial charge in [0.15, 0.2) is 23.1 Å². The van der Waals surface area contributed by atoms with Gasteiger partial charge in [-0.15, -0.1) is 0 Å². The summed E-state index contributed by atoms with van der Waals surface area (Å²) in [6, 6.07) is 55.9. The highest BCUT2D eigenvalue weighted by atomic mass is 16.3. The fourth-order valence-electron chi connectivity index (χ4n) is 6.91. The highest BCUT2D eigenvalue weighted by Crippen LogP contribution is 2.39. The quantitative estimate of drug-likeness (QED) is 0.187. The van der Waals surface area contributed by atoms with Crippen LogP contribution in [0.4, 0.5) is 0 Å². The lowest BCUT2D eigenvalue weighted by atomic mass is 10.1. The molecule has 10 aromatic rings. The Balaban J connectivity index is 1.14. The number of aromatic nitrogens is 5. The maximum Gasteiger partial charge on any atom is 0.228 e. The Morgan fingerprint density at radius 2 is 1.08 bits per heavy atom. The molecule has 3 aromatic heterocycles. The summed E-state index contributed by atoms with van der Waals surface area (Å²) in [4.78, 5) is 19.7. The molecule has 0 atom stereocenters. The lowest BCUT2D eigenvalue weighted by molar-refractivity contribution is 0.620. The summed E-state index contributed by atoms with van der Waals surface area (Å²) in [5.41, 5.74) is 8.65. The minimum Gasteiger partial charge on any atom is -0.436 e. The van der Waals surface area contributed by atoms with Gasteiger partial charge in [-0.25, -0.2) is 19.9 Å². The number of fused-ring (bicyclic) bond motifs is 5. The maximum atomic E-state index is 6.28. The van der Waals surface area contributed by atoms with Crippen LogP contribution in [0.1, 0.15) is 0 Å². The van der Waals surface area contributed by atoms with E-state index in [1.165, 1.54) is 0 Å². The normalized spacial score (nSPS) is 11.6. The molecule has 0 N–H and O–H groups in total. The van der Waals surface area contributed by atoms with Gasteiger partial charge < -0.3 is 8.98 Å². The van der Waals surface area contributed by atoms with Crippen LogP contribution in [0.5, 0.6) is 0 Å². The molecule has 234 valence electrons. The monoisotopic (exact) mass is 641 g/mol. The van der Waals surface area contributed by atoms with Crippen molar-refractivity contribution >= 4 is 43.7 Å². The van der Waals surface area contributed by atoms with Crippen LogP contribution < -0.4 is 0 Å². The molecule has 3 heterocycles. The van der Waals surface area contributed by atoms with Gasteiger partial charge in [-0.05, 0) is 59.3 Å². The van der Waals surface area contributed by atoms with Crippen molar-refractivity contribution in [1.82, 2.24) is 24.5 Å². The standard InChI is InChI=1S/C44H27N5O/c1-3-12-29(13-4-1)41-46-42(30-14-5-2-6-15-30)48-43(47-41)31-23-22-28-24-25-33(27-32(28)26-31)49-37-19-9-7-16-34(37)40-35(17-11-20-38(40)49)44-45-36-18-8-10-21-39(36)50-44/h1-27H. The van der Waals surface area contributed by atoms with Crippen LogP contribution in [0.15, 0.2) is 168 Å². The van der Waals surface area contributed by atoms with Gasteiger partial charge >= 0.3 is 0 Å². The van der Waals surface area contributed by atoms with Gasteiger partial charge in [0.05, 0.1) is 11.0 Å². The molecule has 0 amide bonds. The van der Waals surface area contributed by atoms with Crippen molar-refractivity contribution in [2.24, 2.45) is 0 Å². The number of rotatable bonds is 5. The smallest absolute Gasteiger partial charge is 0.228 e. The molecule has 0 saturated carbocycles. The number of para-hydroxylation sites is 3. The lowest BCUT2D eigenvalue weighted by Crippen LogP contribution is -2.00. The zero-order valence-corrected chi connectivity index (χ0v) is 26.7. The van der Waals surface area contributed by atoms with Crippen molar-refractivity contribution in [1.29, 1.82) is 0 Å². The first-order chi connectivity index (χ1) is 24.8. The summed E-state index contributed by atoms with van der Waals surface area (Å²) in [6.45, 7) is 0. The van der Waals surface area contributed by atoms with Crippen molar-refractivity contribution in [2.75, 3.05) is 0 Å². The zero-order chi connectivity index (χ0) is 33.0. The van der Waals surface area contributed by atoms with Gasteiger partial charge in [0.2, 0.25) is 5.89 Å². The lowest BCUT2D eigenvalue weighted by Gasteiger charge is -2.11. The fraction of sp³-hybridized carbons (Fsp3) is 0. The van der Waals surface area contributed by atoms with E-state index in [4.69, 9.17) is 24.4 Å². The van der Waals surface area contributed by atoms with Crippen LogP contribution in [0, 0.1) is 0 Å². The van der Waals surface area contributed by atoms with Gasteiger partial charge in [-0.1, -0.05) is 115 Å². The molecule has 6 nitrogen and oxygen atoms in total. The van der Waals surface area contributed by atoms with Gasteiger partial charge in [-0.2, -0.15) is 0 Å². The molecule has 0 unspecified atom stereocenters. The highest BCUT2D eigenvalue weighted by Gasteiger charge is 2.19. The van der Waals surface area contributed by atoms with E-state index in [1.54, 1.807) is 0 Å². The summed E-state index contributed by atoms with van der Waals surface area (Å²) >= 11 is 0. The first-order valence-electron chi connectivity index (χ1n) is 16.6. The molecule has 0 aliphatic carbocycles. The fourth-order valence-corrected chi connectivity index (χ4v) is 6.91. The van der Waals surface area contributed by atoms with E-state index >= 15 is 0 Å². The van der Waals surface area contributed by atoms with Crippen LogP contribution in [0.25, 0.3) is 95.0 Å². The van der Waals surface area contributed by atoms with E-state index in [0.717, 1.165) is 71.6 Å². The second-order valence-corrected chi connectivity index (χ2v) is 12.3. The number of hydrogen-bond donors (Lipinski definition) is 0. The molecule has 0 aliphatic heterocycles. The predicted octanol–water partition coefficient (Wildman–Crippen LogP) is 10.9. The third kappa shape index (κ3) is 4.65. The number of benzene rings is 7. The second kappa shape index (κ2) is 11.4. The molecule has 10 rings (SSSR count). The molecule has 50 heavy (non-hydrogen) atoms. The third-order valence-electron chi connectivity index (χ3n) is 9.26. The Hall–Kier alpha value is -6.92. The molecule has 0 saturated heterocycles. The summed E-state index contributed by atoms with van der Waals surface area (Å²) < 4.78 is 8.60. The van der Waals surface area contributed by atoms with Crippen molar-refractivity contribution < 1.29 is 4.42 Å². The first kappa shape index (κ1) is 28.1. The molecular formula is C44H27N5O. The Labute approximate surface area is 287 Å². The van der Waals surface area contributed by atoms with E-state index in [-0.39, 0.29) is 0 Å². The Bertz CT molecular complexity index is 2780. The Kier molecular flexibility index (Phi) is 6.39. The van der Waals surface area contributed by atoms with E-state index in [2.05, 4.69) is 83.4 Å². The summed E-state index contributed by atoms with van der Waals surface area (Å²) in [7, 11) is 0. The number of hydrogen-bond acceptors (Lipinski definition) is 5. The van der Waals surface area contributed by atoms with Gasteiger partial charge in [0.25, 0.3) is 0 Å². The summed E-state index contributed by atoms with van der Waals surface area (Å²) in [6.07, 6.45) is 0. The van der Waals surface area contributed by atoms with E-state index in [1.807, 2.05) is 84.9 Å². The van der Waals surface area contributed by atoms with Crippen LogP contribution in [0.2, 0.25) is 0 Å². The Morgan fingerprint density at radius 1 is 0.440 bits per heavy atom. The Morgan fingerprint density at radius 3 is 1.84 bits per heavy atom. The van der Waals surface area contributed by atoms with Gasteiger partial charge in [0, 0.05) is 38.7 Å². The minimum atomic E-state index is 0.616. The molecular weight excluding hydrogens is 615 g/mol. The van der Waals surface area contributed by atoms with Gasteiger partial charge in [-0.3, -0.25) is 0 Å². The van der Waals surface area contributed by atoms with Crippen molar-refractivity contribution in [3.8, 4) is 51.3 Å². The highest BCUT2D eigenvalue weighted by molar-refractivity contribution is 6.15. The predicted molar refractivity (Wildman–Crippen MR) is 201 cm³/mol. The SMILES string of the molecule is c1ccc(-c2nc(-c3ccccc3)nc(-c3ccc4ccc(-n5c6ccccc6c6c(-c7nc8ccccc8o7)cccc65)cc4c3)n2)cc1. The molecule has 0 bridgehead atoms. The number of nitrogens with zero attached hydrogens (tertiary/aromatic N) is 5. The minimum absolute atomic E-state index is 0.616. The van der Waals surface area contributed by atoms with Crippen LogP contribution >= 0.6 is 0 Å². The summed E-state index contributed by atoms with van der Waals surface area (Å²) in [5, 5.41) is 4.46. The second-order valence-electron chi connectivity index (χ2n) is 12.3. The molecule has 7 aromatic carbocycles. The van der Waals surface area contributed by atoms with Crippen LogP contribution in [0.3, 0.4) is 0 Å². The van der Waals surface area contributed by atoms with Crippen LogP contribution in [-0.4, -0.2) is 24.5 Å².